The third-order valence-corrected chi connectivity index (χ3v) is 4.81. The Hall–Kier alpha value is -0.870. The van der Waals surface area contributed by atoms with Gasteiger partial charge in [-0.15, -0.1) is 11.8 Å². The van der Waals surface area contributed by atoms with Gasteiger partial charge >= 0.3 is 0 Å². The molecule has 1 heterocycles. The van der Waals surface area contributed by atoms with Gasteiger partial charge in [-0.1, -0.05) is 0 Å². The molecule has 4 heteroatoms. The lowest BCUT2D eigenvalue weighted by Crippen LogP contribution is -2.44. The zero-order valence-corrected chi connectivity index (χ0v) is 12.7. The maximum atomic E-state index is 3.66. The van der Waals surface area contributed by atoms with Crippen LogP contribution in [0.3, 0.4) is 0 Å². The predicted octanol–water partition coefficient (Wildman–Crippen LogP) is 2.59. The van der Waals surface area contributed by atoms with E-state index in [1.54, 1.807) is 0 Å². The van der Waals surface area contributed by atoms with Gasteiger partial charge in [0.15, 0.2) is 0 Å². The molecule has 1 aliphatic heterocycles. The molecule has 18 heavy (non-hydrogen) atoms. The highest BCUT2D eigenvalue weighted by molar-refractivity contribution is 7.99. The average Bonchev–Trinajstić information content (AvgIpc) is 2.36. The maximum Gasteiger partial charge on any atom is 0.0508 e. The minimum Gasteiger partial charge on any atom is -0.379 e. The van der Waals surface area contributed by atoms with E-state index in [1.807, 2.05) is 11.8 Å². The Morgan fingerprint density at radius 1 is 1.28 bits per heavy atom. The van der Waals surface area contributed by atoms with Crippen LogP contribution >= 0.6 is 11.8 Å². The van der Waals surface area contributed by atoms with Gasteiger partial charge in [-0.2, -0.15) is 0 Å². The summed E-state index contributed by atoms with van der Waals surface area (Å²) in [6.45, 7) is 2.28. The summed E-state index contributed by atoms with van der Waals surface area (Å²) in [6, 6.07) is 7.70. The number of nitrogens with one attached hydrogen (secondary N) is 1. The standard InChI is InChI=1S/C14H23N3S/c1-10(16(2)3)13-9-18-14-8-11(17(4)5)6-7-12(14)15-13/h6-8,10,13,15H,9H2,1-5H3/t10?,13-/m1/s1. The fourth-order valence-corrected chi connectivity index (χ4v) is 3.28. The first-order valence-electron chi connectivity index (χ1n) is 6.36. The Labute approximate surface area is 115 Å². The number of hydrogen-bond acceptors (Lipinski definition) is 4. The van der Waals surface area contributed by atoms with E-state index >= 15 is 0 Å². The molecule has 3 nitrogen and oxygen atoms in total. The van der Waals surface area contributed by atoms with Gasteiger partial charge in [-0.3, -0.25) is 0 Å². The largest absolute Gasteiger partial charge is 0.379 e. The molecule has 0 bridgehead atoms. The van der Waals surface area contributed by atoms with Crippen LogP contribution < -0.4 is 10.2 Å². The zero-order chi connectivity index (χ0) is 13.3. The van der Waals surface area contributed by atoms with Crippen LogP contribution in [0.25, 0.3) is 0 Å². The maximum absolute atomic E-state index is 3.66. The van der Waals surface area contributed by atoms with Crippen molar-refractivity contribution in [1.29, 1.82) is 0 Å². The van der Waals surface area contributed by atoms with Crippen LogP contribution in [0.1, 0.15) is 6.92 Å². The van der Waals surface area contributed by atoms with Crippen molar-refractivity contribution in [1.82, 2.24) is 4.90 Å². The van der Waals surface area contributed by atoms with Gasteiger partial charge in [-0.05, 0) is 39.2 Å². The molecule has 0 amide bonds. The first-order chi connectivity index (χ1) is 8.49. The van der Waals surface area contributed by atoms with E-state index in [2.05, 4.69) is 68.4 Å². The van der Waals surface area contributed by atoms with Crippen molar-refractivity contribution in [3.63, 3.8) is 0 Å². The number of rotatable bonds is 3. The molecular weight excluding hydrogens is 242 g/mol. The van der Waals surface area contributed by atoms with Crippen LogP contribution in [0, 0.1) is 0 Å². The van der Waals surface area contributed by atoms with Crippen LogP contribution in [0.5, 0.6) is 0 Å². The Bertz CT molecular complexity index is 418. The van der Waals surface area contributed by atoms with Crippen molar-refractivity contribution < 1.29 is 0 Å². The fourth-order valence-electron chi connectivity index (χ4n) is 2.07. The molecule has 2 atom stereocenters. The first kappa shape index (κ1) is 13.6. The normalized spacial score (nSPS) is 20.2. The summed E-state index contributed by atoms with van der Waals surface area (Å²) < 4.78 is 0. The van der Waals surface area contributed by atoms with Gasteiger partial charge in [0.1, 0.15) is 0 Å². The number of likely N-dealkylation sites (N-methyl/N-ethyl adjacent to an activating group) is 1. The van der Waals surface area contributed by atoms with E-state index < -0.39 is 0 Å². The van der Waals surface area contributed by atoms with Crippen LogP contribution in [0.4, 0.5) is 11.4 Å². The van der Waals surface area contributed by atoms with Crippen molar-refractivity contribution in [2.45, 2.75) is 23.9 Å². The lowest BCUT2D eigenvalue weighted by Gasteiger charge is -2.34. The van der Waals surface area contributed by atoms with E-state index in [4.69, 9.17) is 0 Å². The molecule has 1 aromatic carbocycles. The van der Waals surface area contributed by atoms with Gasteiger partial charge in [-0.25, -0.2) is 0 Å². The third-order valence-electron chi connectivity index (χ3n) is 3.64. The first-order valence-corrected chi connectivity index (χ1v) is 7.34. The molecule has 0 aromatic heterocycles. The third kappa shape index (κ3) is 2.75. The molecule has 0 fully saturated rings. The number of nitrogens with zero attached hydrogens (tertiary/aromatic N) is 2. The van der Waals surface area contributed by atoms with Crippen molar-refractivity contribution in [2.24, 2.45) is 0 Å². The fraction of sp³-hybridized carbons (Fsp3) is 0.571. The summed E-state index contributed by atoms with van der Waals surface area (Å²) in [7, 11) is 8.45. The Morgan fingerprint density at radius 2 is 2.00 bits per heavy atom. The summed E-state index contributed by atoms with van der Waals surface area (Å²) in [5, 5.41) is 3.66. The molecule has 1 N–H and O–H groups in total. The van der Waals surface area contributed by atoms with Gasteiger partial charge in [0.05, 0.1) is 6.04 Å². The van der Waals surface area contributed by atoms with Crippen molar-refractivity contribution in [2.75, 3.05) is 44.2 Å². The Balaban J connectivity index is 2.16. The molecule has 0 aliphatic carbocycles. The number of hydrogen-bond donors (Lipinski definition) is 1. The predicted molar refractivity (Wildman–Crippen MR) is 82.1 cm³/mol. The summed E-state index contributed by atoms with van der Waals surface area (Å²) in [4.78, 5) is 5.79. The summed E-state index contributed by atoms with van der Waals surface area (Å²) >= 11 is 1.96. The molecule has 0 radical (unpaired) electrons. The topological polar surface area (TPSA) is 18.5 Å². The molecule has 1 aliphatic rings. The van der Waals surface area contributed by atoms with E-state index in [9.17, 15) is 0 Å². The molecule has 100 valence electrons. The van der Waals surface area contributed by atoms with E-state index in [-0.39, 0.29) is 0 Å². The monoisotopic (exact) mass is 265 g/mol. The van der Waals surface area contributed by atoms with Crippen LogP contribution in [0.15, 0.2) is 23.1 Å². The molecule has 1 unspecified atom stereocenters. The molecular formula is C14H23N3S. The van der Waals surface area contributed by atoms with Crippen molar-refractivity contribution in [3.05, 3.63) is 18.2 Å². The lowest BCUT2D eigenvalue weighted by molar-refractivity contribution is 0.291. The number of fused-ring (bicyclic) bond motifs is 1. The lowest BCUT2D eigenvalue weighted by atomic mass is 10.1. The summed E-state index contributed by atoms with van der Waals surface area (Å²) in [5.41, 5.74) is 2.54. The number of thioether (sulfide) groups is 1. The van der Waals surface area contributed by atoms with Crippen LogP contribution in [-0.2, 0) is 0 Å². The van der Waals surface area contributed by atoms with E-state index in [0.29, 0.717) is 12.1 Å². The minimum atomic E-state index is 0.516. The van der Waals surface area contributed by atoms with Gasteiger partial charge in [0.25, 0.3) is 0 Å². The van der Waals surface area contributed by atoms with E-state index in [1.165, 1.54) is 16.3 Å². The second-order valence-corrected chi connectivity index (χ2v) is 6.40. The molecule has 2 rings (SSSR count). The number of benzene rings is 1. The van der Waals surface area contributed by atoms with Gasteiger partial charge in [0.2, 0.25) is 0 Å². The van der Waals surface area contributed by atoms with Crippen LogP contribution in [-0.4, -0.2) is 50.9 Å². The number of anilines is 2. The van der Waals surface area contributed by atoms with Gasteiger partial charge < -0.3 is 15.1 Å². The highest BCUT2D eigenvalue weighted by Crippen LogP contribution is 2.36. The minimum absolute atomic E-state index is 0.516. The average molecular weight is 265 g/mol. The zero-order valence-electron chi connectivity index (χ0n) is 11.9. The Morgan fingerprint density at radius 3 is 2.61 bits per heavy atom. The molecule has 0 saturated heterocycles. The van der Waals surface area contributed by atoms with Gasteiger partial charge in [0, 0.05) is 42.2 Å². The highest BCUT2D eigenvalue weighted by Gasteiger charge is 2.24. The van der Waals surface area contributed by atoms with Crippen molar-refractivity contribution in [3.8, 4) is 0 Å². The quantitative estimate of drug-likeness (QED) is 0.905. The second kappa shape index (κ2) is 5.41. The second-order valence-electron chi connectivity index (χ2n) is 5.34. The molecule has 0 saturated carbocycles. The highest BCUT2D eigenvalue weighted by atomic mass is 32.2. The summed E-state index contributed by atoms with van der Waals surface area (Å²) in [5.74, 6) is 1.13. The summed E-state index contributed by atoms with van der Waals surface area (Å²) in [6.07, 6.45) is 0. The van der Waals surface area contributed by atoms with Crippen molar-refractivity contribution >= 4 is 23.1 Å². The Kier molecular flexibility index (Phi) is 4.07. The van der Waals surface area contributed by atoms with Crippen LogP contribution in [0.2, 0.25) is 0 Å². The smallest absolute Gasteiger partial charge is 0.0508 e. The van der Waals surface area contributed by atoms with E-state index in [0.717, 1.165) is 5.75 Å². The molecule has 0 spiro atoms. The molecule has 1 aromatic rings. The SMILES string of the molecule is CC([C@H]1CSc2cc(N(C)C)ccc2N1)N(C)C.